The van der Waals surface area contributed by atoms with Crippen LogP contribution >= 0.6 is 0 Å². The maximum atomic E-state index is 11.9. The molecule has 0 fully saturated rings. The van der Waals surface area contributed by atoms with Crippen molar-refractivity contribution in [1.82, 2.24) is 4.98 Å². The first-order chi connectivity index (χ1) is 8.22. The van der Waals surface area contributed by atoms with Crippen molar-refractivity contribution in [2.75, 3.05) is 0 Å². The number of hydrogen-bond donors (Lipinski definition) is 0. The smallest absolute Gasteiger partial charge is 0.338 e. The molecular formula is C13H16N2O2. The van der Waals surface area contributed by atoms with Gasteiger partial charge in [-0.05, 0) is 24.5 Å². The van der Waals surface area contributed by atoms with E-state index in [1.807, 2.05) is 19.9 Å². The fourth-order valence-electron chi connectivity index (χ4n) is 1.49. The van der Waals surface area contributed by atoms with Gasteiger partial charge in [0.15, 0.2) is 0 Å². The number of esters is 1. The third-order valence-electron chi connectivity index (χ3n) is 2.55. The number of rotatable bonds is 5. The molecule has 0 aliphatic heterocycles. The third kappa shape index (κ3) is 3.56. The van der Waals surface area contributed by atoms with Crippen LogP contribution in [0.4, 0.5) is 0 Å². The normalized spacial score (nSPS) is 11.6. The molecule has 0 aliphatic carbocycles. The van der Waals surface area contributed by atoms with Gasteiger partial charge in [-0.15, -0.1) is 0 Å². The van der Waals surface area contributed by atoms with Crippen LogP contribution in [0.25, 0.3) is 0 Å². The lowest BCUT2D eigenvalue weighted by atomic mass is 10.1. The first-order valence-corrected chi connectivity index (χ1v) is 5.73. The minimum atomic E-state index is -0.369. The Balaban J connectivity index is 2.79. The number of nitriles is 1. The molecule has 1 heterocycles. The predicted molar refractivity (Wildman–Crippen MR) is 63.3 cm³/mol. The maximum Gasteiger partial charge on any atom is 0.338 e. The highest BCUT2D eigenvalue weighted by atomic mass is 16.5. The average Bonchev–Trinajstić information content (AvgIpc) is 2.38. The standard InChI is InChI=1S/C13H16N2O2/c1-3-10-9-15-8-6-12(10)13(16)17-11(4-2)5-7-14/h6,8-9,11H,3-5H2,1-2H3. The van der Waals surface area contributed by atoms with E-state index < -0.39 is 0 Å². The number of pyridine rings is 1. The lowest BCUT2D eigenvalue weighted by molar-refractivity contribution is 0.0302. The largest absolute Gasteiger partial charge is 0.458 e. The van der Waals surface area contributed by atoms with E-state index in [-0.39, 0.29) is 18.5 Å². The second-order valence-electron chi connectivity index (χ2n) is 3.68. The van der Waals surface area contributed by atoms with Crippen molar-refractivity contribution in [3.05, 3.63) is 29.6 Å². The van der Waals surface area contributed by atoms with Gasteiger partial charge in [0.25, 0.3) is 0 Å². The van der Waals surface area contributed by atoms with Crippen molar-refractivity contribution in [3.8, 4) is 6.07 Å². The Hall–Kier alpha value is -1.89. The van der Waals surface area contributed by atoms with E-state index >= 15 is 0 Å². The minimum absolute atomic E-state index is 0.231. The third-order valence-corrected chi connectivity index (χ3v) is 2.55. The molecule has 4 nitrogen and oxygen atoms in total. The Kier molecular flexibility index (Phi) is 5.15. The first-order valence-electron chi connectivity index (χ1n) is 5.73. The molecule has 1 unspecified atom stereocenters. The molecule has 1 rings (SSSR count). The van der Waals surface area contributed by atoms with E-state index in [9.17, 15) is 4.79 Å². The van der Waals surface area contributed by atoms with Gasteiger partial charge >= 0.3 is 5.97 Å². The van der Waals surface area contributed by atoms with E-state index in [4.69, 9.17) is 10.00 Å². The molecule has 90 valence electrons. The second kappa shape index (κ2) is 6.64. The number of ether oxygens (including phenoxy) is 1. The van der Waals surface area contributed by atoms with E-state index in [0.29, 0.717) is 12.0 Å². The molecule has 0 N–H and O–H groups in total. The lowest BCUT2D eigenvalue weighted by Gasteiger charge is -2.14. The average molecular weight is 232 g/mol. The topological polar surface area (TPSA) is 63.0 Å². The van der Waals surface area contributed by atoms with Crippen LogP contribution in [0.1, 0.15) is 42.6 Å². The molecule has 0 radical (unpaired) electrons. The number of carbonyl (C=O) groups is 1. The molecule has 0 aliphatic rings. The van der Waals surface area contributed by atoms with Crippen molar-refractivity contribution >= 4 is 5.97 Å². The van der Waals surface area contributed by atoms with Crippen molar-refractivity contribution in [1.29, 1.82) is 5.26 Å². The summed E-state index contributed by atoms with van der Waals surface area (Å²) in [5, 5.41) is 8.60. The summed E-state index contributed by atoms with van der Waals surface area (Å²) in [5.74, 6) is -0.369. The van der Waals surface area contributed by atoms with E-state index in [1.165, 1.54) is 0 Å². The molecule has 1 aromatic heterocycles. The van der Waals surface area contributed by atoms with Gasteiger partial charge in [0.1, 0.15) is 6.10 Å². The Morgan fingerprint density at radius 3 is 2.94 bits per heavy atom. The van der Waals surface area contributed by atoms with Crippen LogP contribution in [0, 0.1) is 11.3 Å². The van der Waals surface area contributed by atoms with Crippen molar-refractivity contribution in [2.24, 2.45) is 0 Å². The monoisotopic (exact) mass is 232 g/mol. The van der Waals surface area contributed by atoms with Crippen LogP contribution in [-0.4, -0.2) is 17.1 Å². The lowest BCUT2D eigenvalue weighted by Crippen LogP contribution is -2.18. The summed E-state index contributed by atoms with van der Waals surface area (Å²) in [6, 6.07) is 3.67. The Morgan fingerprint density at radius 2 is 2.35 bits per heavy atom. The fourth-order valence-corrected chi connectivity index (χ4v) is 1.49. The molecule has 1 aromatic rings. The minimum Gasteiger partial charge on any atom is -0.458 e. The highest BCUT2D eigenvalue weighted by molar-refractivity contribution is 5.91. The molecule has 0 bridgehead atoms. The Bertz CT molecular complexity index is 424. The number of carbonyl (C=O) groups excluding carboxylic acids is 1. The highest BCUT2D eigenvalue weighted by Gasteiger charge is 2.16. The highest BCUT2D eigenvalue weighted by Crippen LogP contribution is 2.12. The van der Waals surface area contributed by atoms with Gasteiger partial charge in [-0.25, -0.2) is 4.79 Å². The van der Waals surface area contributed by atoms with Crippen molar-refractivity contribution < 1.29 is 9.53 Å². The number of hydrogen-bond acceptors (Lipinski definition) is 4. The van der Waals surface area contributed by atoms with E-state index in [1.54, 1.807) is 18.5 Å². The molecule has 0 saturated heterocycles. The van der Waals surface area contributed by atoms with E-state index in [2.05, 4.69) is 4.98 Å². The van der Waals surface area contributed by atoms with Gasteiger partial charge < -0.3 is 4.74 Å². The first kappa shape index (κ1) is 13.2. The van der Waals surface area contributed by atoms with Crippen molar-refractivity contribution in [3.63, 3.8) is 0 Å². The number of aromatic nitrogens is 1. The van der Waals surface area contributed by atoms with Crippen LogP contribution in [0.15, 0.2) is 18.5 Å². The SMILES string of the molecule is CCc1cnccc1C(=O)OC(CC)CC#N. The summed E-state index contributed by atoms with van der Waals surface area (Å²) in [7, 11) is 0. The summed E-state index contributed by atoms with van der Waals surface area (Å²) in [6.45, 7) is 3.85. The van der Waals surface area contributed by atoms with Gasteiger partial charge in [-0.3, -0.25) is 4.98 Å². The quantitative estimate of drug-likeness (QED) is 0.732. The van der Waals surface area contributed by atoms with Gasteiger partial charge in [-0.1, -0.05) is 13.8 Å². The van der Waals surface area contributed by atoms with Crippen LogP contribution in [-0.2, 0) is 11.2 Å². The molecular weight excluding hydrogens is 216 g/mol. The molecule has 0 amide bonds. The summed E-state index contributed by atoms with van der Waals surface area (Å²) in [4.78, 5) is 15.9. The second-order valence-corrected chi connectivity index (χ2v) is 3.68. The van der Waals surface area contributed by atoms with Gasteiger partial charge in [0.05, 0.1) is 18.1 Å². The van der Waals surface area contributed by atoms with Crippen LogP contribution < -0.4 is 0 Å². The zero-order valence-electron chi connectivity index (χ0n) is 10.1. The molecule has 0 spiro atoms. The van der Waals surface area contributed by atoms with Gasteiger partial charge in [0, 0.05) is 12.4 Å². The molecule has 17 heavy (non-hydrogen) atoms. The maximum absolute atomic E-state index is 11.9. The molecule has 0 aromatic carbocycles. The fraction of sp³-hybridized carbons (Fsp3) is 0.462. The molecule has 4 heteroatoms. The van der Waals surface area contributed by atoms with Crippen LogP contribution in [0.3, 0.4) is 0 Å². The number of nitrogens with zero attached hydrogens (tertiary/aromatic N) is 2. The number of aryl methyl sites for hydroxylation is 1. The van der Waals surface area contributed by atoms with Crippen molar-refractivity contribution in [2.45, 2.75) is 39.2 Å². The van der Waals surface area contributed by atoms with Gasteiger partial charge in [-0.2, -0.15) is 5.26 Å². The molecule has 1 atom stereocenters. The van der Waals surface area contributed by atoms with Gasteiger partial charge in [0.2, 0.25) is 0 Å². The predicted octanol–water partition coefficient (Wildman–Crippen LogP) is 2.49. The Morgan fingerprint density at radius 1 is 1.59 bits per heavy atom. The van der Waals surface area contributed by atoms with E-state index in [0.717, 1.165) is 12.0 Å². The summed E-state index contributed by atoms with van der Waals surface area (Å²) in [6.07, 6.45) is 4.52. The zero-order valence-corrected chi connectivity index (χ0v) is 10.1. The Labute approximate surface area is 101 Å². The zero-order chi connectivity index (χ0) is 12.7. The molecule has 0 saturated carbocycles. The summed E-state index contributed by atoms with van der Waals surface area (Å²) >= 11 is 0. The van der Waals surface area contributed by atoms with Crippen LogP contribution in [0.5, 0.6) is 0 Å². The summed E-state index contributed by atoms with van der Waals surface area (Å²) < 4.78 is 5.28. The van der Waals surface area contributed by atoms with Crippen LogP contribution in [0.2, 0.25) is 0 Å². The summed E-state index contributed by atoms with van der Waals surface area (Å²) in [5.41, 5.74) is 1.41.